The Morgan fingerprint density at radius 1 is 0.615 bits per heavy atom. The lowest BCUT2D eigenvalue weighted by Gasteiger charge is -2.15. The summed E-state index contributed by atoms with van der Waals surface area (Å²) in [5.41, 5.74) is 0. The average molecular weight is 549 g/mol. The summed E-state index contributed by atoms with van der Waals surface area (Å²) in [4.78, 5) is 11.7. The number of rotatable bonds is 30. The topological polar surface area (TPSA) is 55.8 Å². The van der Waals surface area contributed by atoms with Crippen LogP contribution in [0.2, 0.25) is 0 Å². The molecule has 0 saturated carbocycles. The molecular formula is C35H64O4. The Morgan fingerprint density at radius 3 is 1.62 bits per heavy atom. The van der Waals surface area contributed by atoms with E-state index in [9.17, 15) is 9.90 Å². The number of carbonyl (C=O) groups excluding carboxylic acids is 1. The van der Waals surface area contributed by atoms with Crippen molar-refractivity contribution in [2.75, 3.05) is 19.8 Å². The van der Waals surface area contributed by atoms with E-state index in [0.29, 0.717) is 19.6 Å². The molecule has 1 atom stereocenters. The largest absolute Gasteiger partial charge is 0.457 e. The van der Waals surface area contributed by atoms with Gasteiger partial charge in [0.25, 0.3) is 0 Å². The number of aliphatic hydroxyl groups is 1. The van der Waals surface area contributed by atoms with E-state index in [2.05, 4.69) is 50.3 Å². The van der Waals surface area contributed by atoms with Crippen LogP contribution < -0.4 is 0 Å². The summed E-state index contributed by atoms with van der Waals surface area (Å²) in [6, 6.07) is 0. The quantitative estimate of drug-likeness (QED) is 0.0551. The molecule has 4 heteroatoms. The molecule has 0 amide bonds. The second-order valence-electron chi connectivity index (χ2n) is 10.9. The number of hydrogen-bond acceptors (Lipinski definition) is 4. The van der Waals surface area contributed by atoms with Gasteiger partial charge in [0.05, 0.1) is 13.2 Å². The highest BCUT2D eigenvalue weighted by molar-refractivity contribution is 5.69. The molecule has 0 aliphatic rings. The summed E-state index contributed by atoms with van der Waals surface area (Å²) in [6.45, 7) is 5.16. The molecule has 0 rings (SSSR count). The van der Waals surface area contributed by atoms with Gasteiger partial charge >= 0.3 is 5.97 Å². The minimum atomic E-state index is -0.529. The van der Waals surface area contributed by atoms with Gasteiger partial charge in [0.1, 0.15) is 6.10 Å². The monoisotopic (exact) mass is 548 g/mol. The standard InChI is InChI=1S/C35H64O4/c1-3-5-7-8-9-10-11-12-13-14-15-16-17-18-19-20-21-22-23-24-25-26-27-29-31-38-33-34(32-36)39-35(37)30-28-6-4-2/h11-12,14-15,17-18,34,36H,3-10,13,16,19-33H2,1-2H3/b12-11-,15-14-,18-17-. The maximum atomic E-state index is 11.7. The maximum absolute atomic E-state index is 11.7. The number of hydrogen-bond donors (Lipinski definition) is 1. The lowest BCUT2D eigenvalue weighted by atomic mass is 10.1. The molecule has 39 heavy (non-hydrogen) atoms. The lowest BCUT2D eigenvalue weighted by molar-refractivity contribution is -0.154. The Kier molecular flexibility index (Phi) is 31.7. The van der Waals surface area contributed by atoms with Crippen LogP contribution in [0.4, 0.5) is 0 Å². The number of unbranched alkanes of at least 4 members (excludes halogenated alkanes) is 16. The predicted molar refractivity (Wildman–Crippen MR) is 168 cm³/mol. The third-order valence-electron chi connectivity index (χ3n) is 6.97. The summed E-state index contributed by atoms with van der Waals surface area (Å²) < 4.78 is 10.9. The molecule has 0 aromatic rings. The molecule has 0 fully saturated rings. The van der Waals surface area contributed by atoms with Crippen LogP contribution in [-0.2, 0) is 14.3 Å². The Morgan fingerprint density at radius 2 is 1.08 bits per heavy atom. The highest BCUT2D eigenvalue weighted by Crippen LogP contribution is 2.11. The van der Waals surface area contributed by atoms with Gasteiger partial charge in [-0.3, -0.25) is 4.79 Å². The van der Waals surface area contributed by atoms with Crippen molar-refractivity contribution in [2.45, 2.75) is 161 Å². The molecule has 0 aromatic heterocycles. The fraction of sp³-hybridized carbons (Fsp3) is 0.800. The molecular weight excluding hydrogens is 484 g/mol. The van der Waals surface area contributed by atoms with E-state index < -0.39 is 6.10 Å². The Bertz CT molecular complexity index is 581. The minimum absolute atomic E-state index is 0.176. The van der Waals surface area contributed by atoms with E-state index in [-0.39, 0.29) is 12.6 Å². The molecule has 0 spiro atoms. The van der Waals surface area contributed by atoms with Crippen LogP contribution in [0.3, 0.4) is 0 Å². The van der Waals surface area contributed by atoms with E-state index in [0.717, 1.165) is 38.5 Å². The van der Waals surface area contributed by atoms with Crippen LogP contribution in [-0.4, -0.2) is 37.0 Å². The van der Waals surface area contributed by atoms with Gasteiger partial charge < -0.3 is 14.6 Å². The molecule has 1 N–H and O–H groups in total. The third kappa shape index (κ3) is 31.0. The molecule has 0 saturated heterocycles. The summed E-state index contributed by atoms with van der Waals surface area (Å²) in [5.74, 6) is -0.229. The van der Waals surface area contributed by atoms with Crippen molar-refractivity contribution >= 4 is 5.97 Å². The van der Waals surface area contributed by atoms with E-state index in [1.54, 1.807) is 0 Å². The van der Waals surface area contributed by atoms with Gasteiger partial charge in [-0.15, -0.1) is 0 Å². The van der Waals surface area contributed by atoms with Crippen molar-refractivity contribution < 1.29 is 19.4 Å². The van der Waals surface area contributed by atoms with Crippen molar-refractivity contribution in [3.8, 4) is 0 Å². The van der Waals surface area contributed by atoms with Crippen molar-refractivity contribution in [2.24, 2.45) is 0 Å². The fourth-order valence-electron chi connectivity index (χ4n) is 4.45. The zero-order valence-electron chi connectivity index (χ0n) is 25.9. The molecule has 0 aliphatic carbocycles. The highest BCUT2D eigenvalue weighted by atomic mass is 16.6. The minimum Gasteiger partial charge on any atom is -0.457 e. The molecule has 1 unspecified atom stereocenters. The Labute approximate surface area is 242 Å². The summed E-state index contributed by atoms with van der Waals surface area (Å²) in [5, 5.41) is 9.37. The van der Waals surface area contributed by atoms with Crippen molar-refractivity contribution in [1.29, 1.82) is 0 Å². The molecule has 228 valence electrons. The number of esters is 1. The average Bonchev–Trinajstić information content (AvgIpc) is 2.94. The van der Waals surface area contributed by atoms with Crippen LogP contribution in [0.25, 0.3) is 0 Å². The van der Waals surface area contributed by atoms with Gasteiger partial charge in [-0.1, -0.05) is 134 Å². The van der Waals surface area contributed by atoms with Gasteiger partial charge in [-0.2, -0.15) is 0 Å². The van der Waals surface area contributed by atoms with Crippen molar-refractivity contribution in [3.05, 3.63) is 36.5 Å². The predicted octanol–water partition coefficient (Wildman–Crippen LogP) is 10.2. The normalized spacial score (nSPS) is 12.8. The summed E-state index contributed by atoms with van der Waals surface area (Å²) in [7, 11) is 0. The van der Waals surface area contributed by atoms with E-state index in [4.69, 9.17) is 9.47 Å². The van der Waals surface area contributed by atoms with Crippen molar-refractivity contribution in [1.82, 2.24) is 0 Å². The zero-order valence-corrected chi connectivity index (χ0v) is 25.9. The Hall–Kier alpha value is -1.39. The molecule has 0 radical (unpaired) electrons. The van der Waals surface area contributed by atoms with E-state index in [1.165, 1.54) is 96.3 Å². The molecule has 4 nitrogen and oxygen atoms in total. The number of carbonyl (C=O) groups is 1. The maximum Gasteiger partial charge on any atom is 0.306 e. The second-order valence-corrected chi connectivity index (χ2v) is 10.9. The molecule has 0 bridgehead atoms. The van der Waals surface area contributed by atoms with Crippen LogP contribution in [0.1, 0.15) is 155 Å². The Balaban J connectivity index is 3.37. The first kappa shape index (κ1) is 37.6. The number of aliphatic hydroxyl groups excluding tert-OH is 1. The van der Waals surface area contributed by atoms with Crippen LogP contribution in [0.5, 0.6) is 0 Å². The molecule has 0 aliphatic heterocycles. The van der Waals surface area contributed by atoms with Crippen LogP contribution >= 0.6 is 0 Å². The smallest absolute Gasteiger partial charge is 0.306 e. The fourth-order valence-corrected chi connectivity index (χ4v) is 4.45. The van der Waals surface area contributed by atoms with Crippen LogP contribution in [0, 0.1) is 0 Å². The van der Waals surface area contributed by atoms with Gasteiger partial charge in [0.2, 0.25) is 0 Å². The first-order valence-corrected chi connectivity index (χ1v) is 16.6. The first-order chi connectivity index (χ1) is 19.2. The van der Waals surface area contributed by atoms with Crippen molar-refractivity contribution in [3.63, 3.8) is 0 Å². The SMILES string of the molecule is CCCCCCC/C=C\C/C=C\C/C=C\CCCCCCCCCCCOCC(CO)OC(=O)CCCCC. The number of ether oxygens (including phenoxy) is 2. The highest BCUT2D eigenvalue weighted by Gasteiger charge is 2.13. The first-order valence-electron chi connectivity index (χ1n) is 16.6. The lowest BCUT2D eigenvalue weighted by Crippen LogP contribution is -2.27. The van der Waals surface area contributed by atoms with Gasteiger partial charge in [-0.25, -0.2) is 0 Å². The zero-order chi connectivity index (χ0) is 28.5. The van der Waals surface area contributed by atoms with Crippen LogP contribution in [0.15, 0.2) is 36.5 Å². The summed E-state index contributed by atoms with van der Waals surface area (Å²) in [6.07, 6.45) is 39.6. The van der Waals surface area contributed by atoms with Gasteiger partial charge in [-0.05, 0) is 51.4 Å². The third-order valence-corrected chi connectivity index (χ3v) is 6.97. The number of allylic oxidation sites excluding steroid dienone is 6. The van der Waals surface area contributed by atoms with E-state index in [1.807, 2.05) is 0 Å². The van der Waals surface area contributed by atoms with E-state index >= 15 is 0 Å². The molecule has 0 aromatic carbocycles. The summed E-state index contributed by atoms with van der Waals surface area (Å²) >= 11 is 0. The van der Waals surface area contributed by atoms with Gasteiger partial charge in [0, 0.05) is 13.0 Å². The molecule has 0 heterocycles. The second kappa shape index (κ2) is 32.8. The van der Waals surface area contributed by atoms with Gasteiger partial charge in [0.15, 0.2) is 0 Å².